The maximum absolute atomic E-state index is 8.39. The van der Waals surface area contributed by atoms with Gasteiger partial charge in [0.1, 0.15) is 0 Å². The standard InChI is InChI=1S/Ce.3ClH.La.O/h;3*1H;;/q;;;;+3;/p-3. The molecular formula is CeCl3LaO. The molecule has 0 unspecified atom stereocenters. The van der Waals surface area contributed by atoms with Gasteiger partial charge in [0.2, 0.25) is 0 Å². The van der Waals surface area contributed by atoms with Crippen LogP contribution in [0.15, 0.2) is 0 Å². The quantitative estimate of drug-likeness (QED) is 0.607. The fourth-order valence-electron chi connectivity index (χ4n) is 0. The third-order valence-corrected chi connectivity index (χ3v) is 0. The predicted molar refractivity (Wildman–Crippen MR) is 18.2 cm³/mol. The number of halogens is 3. The monoisotopic (exact) mass is 400 g/mol. The summed E-state index contributed by atoms with van der Waals surface area (Å²) in [6, 6.07) is 0. The maximum atomic E-state index is 8.39. The molecule has 0 atom stereocenters. The van der Waals surface area contributed by atoms with Crippen LogP contribution in [0.3, 0.4) is 0 Å². The van der Waals surface area contributed by atoms with Crippen LogP contribution in [0.1, 0.15) is 0 Å². The van der Waals surface area contributed by atoms with Gasteiger partial charge in [0, 0.05) is 0 Å². The molecule has 6 heavy (non-hydrogen) atoms. The summed E-state index contributed by atoms with van der Waals surface area (Å²) in [7, 11) is 0. The van der Waals surface area contributed by atoms with Crippen molar-refractivity contribution in [2.45, 2.75) is 0 Å². The average Bonchev–Trinajstić information content (AvgIpc) is 1.41. The summed E-state index contributed by atoms with van der Waals surface area (Å²) in [5.41, 5.74) is 0. The van der Waals surface area contributed by atoms with Crippen LogP contribution in [-0.4, -0.2) is 0 Å². The minimum absolute atomic E-state index is 0.0556. The fourth-order valence-corrected chi connectivity index (χ4v) is 0. The van der Waals surface area contributed by atoms with Gasteiger partial charge in [-0.25, -0.2) is 0 Å². The molecule has 0 aliphatic rings. The van der Waals surface area contributed by atoms with E-state index >= 15 is 0 Å². The molecule has 0 spiro atoms. The van der Waals surface area contributed by atoms with E-state index in [1.165, 1.54) is 0 Å². The first-order chi connectivity index (χ1) is 2.73. The zero-order chi connectivity index (χ0) is 5.58. The summed E-state index contributed by atoms with van der Waals surface area (Å²) in [6.45, 7) is 15.1. The van der Waals surface area contributed by atoms with Crippen molar-refractivity contribution in [1.29, 1.82) is 0 Å². The predicted octanol–water partition coefficient (Wildman–Crippen LogP) is 1.95. The van der Waals surface area contributed by atoms with E-state index in [-0.39, 0.29) is 39.8 Å². The van der Waals surface area contributed by atoms with Crippen molar-refractivity contribution in [3.63, 3.8) is 0 Å². The van der Waals surface area contributed by atoms with Gasteiger partial charge in [0.15, 0.2) is 0 Å². The van der Waals surface area contributed by atoms with Crippen molar-refractivity contribution in [3.05, 3.63) is 0 Å². The Labute approximate surface area is 84.0 Å². The van der Waals surface area contributed by atoms with E-state index < -0.39 is 25.7 Å². The molecule has 0 rings (SSSR count). The molecule has 0 aromatic heterocycles. The van der Waals surface area contributed by atoms with Crippen molar-refractivity contribution in [1.82, 2.24) is 0 Å². The van der Waals surface area contributed by atoms with E-state index in [9.17, 15) is 0 Å². The molecule has 0 N–H and O–H groups in total. The van der Waals surface area contributed by atoms with Crippen LogP contribution in [0, 0.1) is 65.4 Å². The molecule has 0 saturated carbocycles. The van der Waals surface area contributed by atoms with Crippen LogP contribution >= 0.6 is 20.4 Å². The molecule has 0 radical (unpaired) electrons. The van der Waals surface area contributed by atoms with E-state index in [1.54, 1.807) is 0 Å². The van der Waals surface area contributed by atoms with Gasteiger partial charge in [-0.2, -0.15) is 0 Å². The Bertz CT molecular complexity index is 22.0. The second-order valence-electron chi connectivity index (χ2n) is 0.247. The van der Waals surface area contributed by atoms with Gasteiger partial charge in [0.05, 0.1) is 0 Å². The Balaban J connectivity index is 0. The van der Waals surface area contributed by atoms with Crippen LogP contribution < -0.4 is 0 Å². The number of rotatable bonds is 0. The zero-order valence-corrected chi connectivity index (χ0v) is 11.7. The van der Waals surface area contributed by atoms with Crippen molar-refractivity contribution >= 4 is 20.4 Å². The third-order valence-electron chi connectivity index (χ3n) is 0. The SMILES string of the molecule is [Cl][La]([Cl])[Cl].[O]=[Ce]. The molecule has 0 aromatic carbocycles. The molecule has 0 aromatic rings. The molecule has 1 nitrogen and oxygen atoms in total. The fraction of sp³-hybridized carbons (Fsp3) is 0. The van der Waals surface area contributed by atoms with Crippen LogP contribution in [0.25, 0.3) is 0 Å². The van der Waals surface area contributed by atoms with Gasteiger partial charge in [-0.15, -0.1) is 0 Å². The molecule has 0 saturated heterocycles. The van der Waals surface area contributed by atoms with Crippen molar-refractivity contribution in [2.24, 2.45) is 0 Å². The summed E-state index contributed by atoms with van der Waals surface area (Å²) in [6.07, 6.45) is 0. The second kappa shape index (κ2) is 11.1. The molecule has 34 valence electrons. The zero-order valence-electron chi connectivity index (χ0n) is 2.62. The summed E-state index contributed by atoms with van der Waals surface area (Å²) < 4.78 is 8.39. The Kier molecular flexibility index (Phi) is 22.1. The molecule has 0 aliphatic heterocycles. The van der Waals surface area contributed by atoms with Gasteiger partial charge in [-0.1, -0.05) is 0 Å². The summed E-state index contributed by atoms with van der Waals surface area (Å²) in [4.78, 5) is 0. The molecule has 0 aliphatic carbocycles. The van der Waals surface area contributed by atoms with Gasteiger partial charge in [0.25, 0.3) is 0 Å². The minimum atomic E-state index is -2.31. The van der Waals surface area contributed by atoms with Crippen molar-refractivity contribution in [3.8, 4) is 0 Å². The summed E-state index contributed by atoms with van der Waals surface area (Å²) in [5, 5.41) is 0. The summed E-state index contributed by atoms with van der Waals surface area (Å²) >= 11 is -2.25. The van der Waals surface area contributed by atoms with E-state index in [4.69, 9.17) is 21.3 Å². The molecule has 6 heteroatoms. The third kappa shape index (κ3) is 26.8. The molecule has 0 fully saturated rings. The first kappa shape index (κ1) is 12.0. The van der Waals surface area contributed by atoms with Crippen LogP contribution in [-0.2, 0) is 0.938 Å². The Morgan fingerprint density at radius 2 is 1.17 bits per heavy atom. The Morgan fingerprint density at radius 1 is 1.17 bits per heavy atom. The van der Waals surface area contributed by atoms with Gasteiger partial charge in [-0.3, -0.25) is 0 Å². The van der Waals surface area contributed by atoms with E-state index in [0.29, 0.717) is 0 Å². The first-order valence-electron chi connectivity index (χ1n) is 0.859. The molecule has 0 bridgehead atoms. The summed E-state index contributed by atoms with van der Waals surface area (Å²) in [5.74, 6) is 0. The molecule has 0 amide bonds. The van der Waals surface area contributed by atoms with E-state index in [2.05, 4.69) is 0 Å². The van der Waals surface area contributed by atoms with Crippen LogP contribution in [0.4, 0.5) is 0 Å². The van der Waals surface area contributed by atoms with Gasteiger partial charge < -0.3 is 0 Å². The van der Waals surface area contributed by atoms with E-state index in [0.717, 1.165) is 0 Å². The van der Waals surface area contributed by atoms with Crippen LogP contribution in [0.2, 0.25) is 0 Å². The first-order valence-corrected chi connectivity index (χ1v) is 15.8. The van der Waals surface area contributed by atoms with Gasteiger partial charge >= 0.3 is 86.7 Å². The molecule has 0 heterocycles. The van der Waals surface area contributed by atoms with Crippen LogP contribution in [0.5, 0.6) is 0 Å². The normalized spacial score (nSPS) is 5.00. The molecular weight excluding hydrogens is 401 g/mol. The average molecular weight is 401 g/mol. The van der Waals surface area contributed by atoms with Gasteiger partial charge in [-0.05, 0) is 0 Å². The van der Waals surface area contributed by atoms with Crippen molar-refractivity contribution in [2.75, 3.05) is 0 Å². The Hall–Kier alpha value is 3.24. The van der Waals surface area contributed by atoms with Crippen molar-refractivity contribution < 1.29 is 66.4 Å². The Morgan fingerprint density at radius 3 is 1.17 bits per heavy atom. The number of hydrogen-bond acceptors (Lipinski definition) is 1. The second-order valence-corrected chi connectivity index (χ2v) is 16.2. The number of hydrogen-bond donors (Lipinski definition) is 0. The topological polar surface area (TPSA) is 17.1 Å². The van der Waals surface area contributed by atoms with E-state index in [1.807, 2.05) is 0 Å².